The summed E-state index contributed by atoms with van der Waals surface area (Å²) in [4.78, 5) is 18.2. The molecule has 2 heterocycles. The Balaban J connectivity index is 1.66. The predicted molar refractivity (Wildman–Crippen MR) is 85.9 cm³/mol. The fraction of sp³-hybridized carbons (Fsp3) is 0.500. The lowest BCUT2D eigenvalue weighted by atomic mass is 10.0. The van der Waals surface area contributed by atoms with E-state index in [0.717, 1.165) is 43.6 Å². The van der Waals surface area contributed by atoms with Crippen LogP contribution < -0.4 is 4.74 Å². The second-order valence-corrected chi connectivity index (χ2v) is 6.46. The van der Waals surface area contributed by atoms with E-state index in [1.165, 1.54) is 29.5 Å². The van der Waals surface area contributed by atoms with Crippen molar-refractivity contribution in [3.8, 4) is 5.75 Å². The Kier molecular flexibility index (Phi) is 3.32. The van der Waals surface area contributed by atoms with Crippen LogP contribution in [-0.4, -0.2) is 29.4 Å². The number of carbonyl (C=O) groups is 1. The third-order valence-corrected chi connectivity index (χ3v) is 5.21. The van der Waals surface area contributed by atoms with Gasteiger partial charge in [0.2, 0.25) is 5.91 Å². The zero-order chi connectivity index (χ0) is 15.1. The number of nitrogens with one attached hydrogen (secondary N) is 1. The van der Waals surface area contributed by atoms with Crippen LogP contribution in [0.5, 0.6) is 5.75 Å². The van der Waals surface area contributed by atoms with Crippen LogP contribution in [0.25, 0.3) is 10.9 Å². The molecule has 2 aromatic rings. The van der Waals surface area contributed by atoms with Gasteiger partial charge >= 0.3 is 0 Å². The monoisotopic (exact) mass is 298 g/mol. The zero-order valence-electron chi connectivity index (χ0n) is 13.0. The van der Waals surface area contributed by atoms with Crippen molar-refractivity contribution >= 4 is 16.8 Å². The number of aromatic amines is 1. The summed E-state index contributed by atoms with van der Waals surface area (Å²) in [6.07, 6.45) is 5.47. The number of methoxy groups -OCH3 is 1. The molecule has 4 nitrogen and oxygen atoms in total. The molecule has 1 N–H and O–H groups in total. The number of ether oxygens (including phenoxy) is 1. The fourth-order valence-corrected chi connectivity index (χ4v) is 4.00. The Morgan fingerprint density at radius 1 is 1.32 bits per heavy atom. The zero-order valence-corrected chi connectivity index (χ0v) is 13.0. The highest BCUT2D eigenvalue weighted by atomic mass is 16.5. The Morgan fingerprint density at radius 2 is 2.14 bits per heavy atom. The summed E-state index contributed by atoms with van der Waals surface area (Å²) in [6, 6.07) is 6.12. The van der Waals surface area contributed by atoms with Gasteiger partial charge in [0.15, 0.2) is 0 Å². The first-order chi connectivity index (χ1) is 10.8. The fourth-order valence-electron chi connectivity index (χ4n) is 4.00. The molecule has 22 heavy (non-hydrogen) atoms. The van der Waals surface area contributed by atoms with Crippen molar-refractivity contribution in [3.63, 3.8) is 0 Å². The molecule has 1 aromatic heterocycles. The topological polar surface area (TPSA) is 45.3 Å². The summed E-state index contributed by atoms with van der Waals surface area (Å²) < 4.78 is 5.45. The van der Waals surface area contributed by atoms with Gasteiger partial charge in [0, 0.05) is 42.1 Å². The van der Waals surface area contributed by atoms with Crippen LogP contribution in [0.4, 0.5) is 0 Å². The van der Waals surface area contributed by atoms with Gasteiger partial charge in [-0.1, -0.05) is 25.0 Å². The minimum atomic E-state index is 0.265. The standard InChI is InChI=1S/C18H22N2O2/c1-22-16-8-4-7-13-14-11-20(10-9-15(14)19-17(13)16)18(21)12-5-2-3-6-12/h4,7-8,12,19H,2-3,5-6,9-11H2,1H3. The van der Waals surface area contributed by atoms with E-state index in [-0.39, 0.29) is 5.92 Å². The Labute approximate surface area is 130 Å². The molecule has 0 spiro atoms. The van der Waals surface area contributed by atoms with E-state index in [1.54, 1.807) is 7.11 Å². The van der Waals surface area contributed by atoms with Gasteiger partial charge in [0.25, 0.3) is 0 Å². The van der Waals surface area contributed by atoms with Gasteiger partial charge in [0.1, 0.15) is 5.75 Å². The van der Waals surface area contributed by atoms with E-state index >= 15 is 0 Å². The number of hydrogen-bond acceptors (Lipinski definition) is 2. The van der Waals surface area contributed by atoms with E-state index in [1.807, 2.05) is 12.1 Å². The number of nitrogens with zero attached hydrogens (tertiary/aromatic N) is 1. The van der Waals surface area contributed by atoms with Crippen molar-refractivity contribution < 1.29 is 9.53 Å². The van der Waals surface area contributed by atoms with Gasteiger partial charge in [-0.3, -0.25) is 4.79 Å². The van der Waals surface area contributed by atoms with Gasteiger partial charge < -0.3 is 14.6 Å². The molecule has 2 aliphatic rings. The first kappa shape index (κ1) is 13.7. The van der Waals surface area contributed by atoms with Crippen LogP contribution in [0, 0.1) is 5.92 Å². The average molecular weight is 298 g/mol. The molecule has 1 amide bonds. The van der Waals surface area contributed by atoms with Crippen molar-refractivity contribution in [1.82, 2.24) is 9.88 Å². The van der Waals surface area contributed by atoms with Crippen molar-refractivity contribution in [2.24, 2.45) is 5.92 Å². The summed E-state index contributed by atoms with van der Waals surface area (Å²) >= 11 is 0. The van der Waals surface area contributed by atoms with Crippen molar-refractivity contribution in [2.45, 2.75) is 38.6 Å². The summed E-state index contributed by atoms with van der Waals surface area (Å²) in [5, 5.41) is 1.19. The molecule has 4 rings (SSSR count). The van der Waals surface area contributed by atoms with E-state index in [9.17, 15) is 4.79 Å². The number of hydrogen-bond donors (Lipinski definition) is 1. The van der Waals surface area contributed by atoms with Crippen LogP contribution in [-0.2, 0) is 17.8 Å². The van der Waals surface area contributed by atoms with Crippen LogP contribution in [0.1, 0.15) is 36.9 Å². The minimum absolute atomic E-state index is 0.265. The number of fused-ring (bicyclic) bond motifs is 3. The number of aromatic nitrogens is 1. The normalized spacial score (nSPS) is 18.7. The van der Waals surface area contributed by atoms with Crippen LogP contribution in [0.3, 0.4) is 0 Å². The molecule has 0 saturated heterocycles. The van der Waals surface area contributed by atoms with Gasteiger partial charge in [-0.15, -0.1) is 0 Å². The van der Waals surface area contributed by atoms with Crippen LogP contribution >= 0.6 is 0 Å². The highest BCUT2D eigenvalue weighted by Gasteiger charge is 2.30. The van der Waals surface area contributed by atoms with Gasteiger partial charge in [-0.05, 0) is 18.9 Å². The lowest BCUT2D eigenvalue weighted by Crippen LogP contribution is -2.39. The predicted octanol–water partition coefficient (Wildman–Crippen LogP) is 3.25. The van der Waals surface area contributed by atoms with Crippen LogP contribution in [0.15, 0.2) is 18.2 Å². The average Bonchev–Trinajstić information content (AvgIpc) is 3.20. The summed E-state index contributed by atoms with van der Waals surface area (Å²) in [5.74, 6) is 1.50. The van der Waals surface area contributed by atoms with Crippen LogP contribution in [0.2, 0.25) is 0 Å². The van der Waals surface area contributed by atoms with Crippen molar-refractivity contribution in [3.05, 3.63) is 29.5 Å². The third-order valence-electron chi connectivity index (χ3n) is 5.21. The maximum Gasteiger partial charge on any atom is 0.225 e. The number of H-pyrrole nitrogens is 1. The van der Waals surface area contributed by atoms with E-state index in [2.05, 4.69) is 16.0 Å². The largest absolute Gasteiger partial charge is 0.495 e. The smallest absolute Gasteiger partial charge is 0.225 e. The van der Waals surface area contributed by atoms with E-state index in [0.29, 0.717) is 5.91 Å². The first-order valence-electron chi connectivity index (χ1n) is 8.23. The molecule has 0 bridgehead atoms. The molecule has 0 unspecified atom stereocenters. The second kappa shape index (κ2) is 5.34. The number of carbonyl (C=O) groups excluding carboxylic acids is 1. The summed E-state index contributed by atoms with van der Waals surface area (Å²) in [6.45, 7) is 1.56. The minimum Gasteiger partial charge on any atom is -0.495 e. The Bertz CT molecular complexity index is 713. The molecule has 116 valence electrons. The molecule has 1 aliphatic heterocycles. The van der Waals surface area contributed by atoms with Gasteiger partial charge in [-0.2, -0.15) is 0 Å². The number of rotatable bonds is 2. The van der Waals surface area contributed by atoms with Crippen molar-refractivity contribution in [2.75, 3.05) is 13.7 Å². The van der Waals surface area contributed by atoms with Gasteiger partial charge in [-0.25, -0.2) is 0 Å². The number of benzene rings is 1. The van der Waals surface area contributed by atoms with Crippen molar-refractivity contribution in [1.29, 1.82) is 0 Å². The van der Waals surface area contributed by atoms with E-state index < -0.39 is 0 Å². The lowest BCUT2D eigenvalue weighted by Gasteiger charge is -2.29. The molecular weight excluding hydrogens is 276 g/mol. The highest BCUT2D eigenvalue weighted by molar-refractivity contribution is 5.90. The molecular formula is C18H22N2O2. The first-order valence-corrected chi connectivity index (χ1v) is 8.23. The quantitative estimate of drug-likeness (QED) is 0.925. The highest BCUT2D eigenvalue weighted by Crippen LogP contribution is 2.34. The Hall–Kier alpha value is -1.97. The maximum absolute atomic E-state index is 12.7. The SMILES string of the molecule is COc1cccc2c3c([nH]c12)CCN(C(=O)C1CCCC1)C3. The molecule has 1 aliphatic carbocycles. The summed E-state index contributed by atoms with van der Waals surface area (Å²) in [5.41, 5.74) is 3.59. The molecule has 4 heteroatoms. The molecule has 1 fully saturated rings. The molecule has 1 aromatic carbocycles. The molecule has 0 atom stereocenters. The second-order valence-electron chi connectivity index (χ2n) is 6.46. The number of amides is 1. The van der Waals surface area contributed by atoms with E-state index in [4.69, 9.17) is 4.74 Å². The molecule has 1 saturated carbocycles. The summed E-state index contributed by atoms with van der Waals surface area (Å²) in [7, 11) is 1.70. The third kappa shape index (κ3) is 2.09. The Morgan fingerprint density at radius 3 is 2.91 bits per heavy atom. The number of para-hydroxylation sites is 1. The molecule has 0 radical (unpaired) electrons. The lowest BCUT2D eigenvalue weighted by molar-refractivity contribution is -0.136. The maximum atomic E-state index is 12.7. The van der Waals surface area contributed by atoms with Gasteiger partial charge in [0.05, 0.1) is 12.6 Å².